The lowest BCUT2D eigenvalue weighted by Gasteiger charge is -2.20. The van der Waals surface area contributed by atoms with Crippen molar-refractivity contribution in [3.8, 4) is 0 Å². The molecule has 31 heavy (non-hydrogen) atoms. The molecule has 1 N–H and O–H groups in total. The number of anilines is 1. The number of pyridine rings is 1. The van der Waals surface area contributed by atoms with E-state index < -0.39 is 18.5 Å². The van der Waals surface area contributed by atoms with Crippen molar-refractivity contribution in [3.63, 3.8) is 0 Å². The highest BCUT2D eigenvalue weighted by Gasteiger charge is 2.31. The van der Waals surface area contributed by atoms with Crippen molar-refractivity contribution in [2.24, 2.45) is 0 Å². The third-order valence-corrected chi connectivity index (χ3v) is 5.08. The van der Waals surface area contributed by atoms with Crippen LogP contribution in [0, 0.1) is 0 Å². The van der Waals surface area contributed by atoms with E-state index in [1.54, 1.807) is 30.3 Å². The van der Waals surface area contributed by atoms with Gasteiger partial charge in [0.2, 0.25) is 0 Å². The fraction of sp³-hybridized carbons (Fsp3) is 0.0455. The summed E-state index contributed by atoms with van der Waals surface area (Å²) in [6.45, 7) is -0.661. The van der Waals surface area contributed by atoms with E-state index in [1.165, 1.54) is 24.3 Å². The third kappa shape index (κ3) is 3.93. The van der Waals surface area contributed by atoms with Gasteiger partial charge in [-0.15, -0.1) is 0 Å². The summed E-state index contributed by atoms with van der Waals surface area (Å²) < 4.78 is 4.94. The third-order valence-electron chi connectivity index (χ3n) is 4.57. The van der Waals surface area contributed by atoms with E-state index in [0.717, 1.165) is 0 Å². The molecule has 0 unspecified atom stereocenters. The zero-order valence-corrected chi connectivity index (χ0v) is 17.2. The number of aromatic nitrogens is 1. The van der Waals surface area contributed by atoms with Gasteiger partial charge in [-0.3, -0.25) is 14.4 Å². The summed E-state index contributed by atoms with van der Waals surface area (Å²) in [4.78, 5) is 54.0. The van der Waals surface area contributed by atoms with Gasteiger partial charge in [0, 0.05) is 16.7 Å². The average molecular weight is 455 g/mol. The number of ketones is 2. The van der Waals surface area contributed by atoms with Crippen LogP contribution in [0.2, 0.25) is 10.2 Å². The molecule has 7 nitrogen and oxygen atoms in total. The maximum absolute atomic E-state index is 13.0. The van der Waals surface area contributed by atoms with E-state index in [2.05, 4.69) is 10.3 Å². The van der Waals surface area contributed by atoms with E-state index in [-0.39, 0.29) is 49.8 Å². The fourth-order valence-electron chi connectivity index (χ4n) is 3.20. The Morgan fingerprint density at radius 3 is 2.29 bits per heavy atom. The molecule has 0 bridgehead atoms. The summed E-state index contributed by atoms with van der Waals surface area (Å²) >= 11 is 11.6. The first kappa shape index (κ1) is 20.7. The molecule has 0 atom stereocenters. The normalized spacial score (nSPS) is 12.1. The molecule has 1 amide bonds. The van der Waals surface area contributed by atoms with Crippen LogP contribution in [-0.4, -0.2) is 35.0 Å². The molecule has 0 saturated heterocycles. The Labute approximate surface area is 186 Å². The minimum absolute atomic E-state index is 0.0229. The second-order valence-electron chi connectivity index (χ2n) is 6.52. The second-order valence-corrected chi connectivity index (χ2v) is 7.32. The molecule has 2 aromatic carbocycles. The minimum atomic E-state index is -0.932. The fourth-order valence-corrected chi connectivity index (χ4v) is 3.53. The molecule has 1 aliphatic rings. The quantitative estimate of drug-likeness (QED) is 0.369. The molecule has 0 radical (unpaired) electrons. The van der Waals surface area contributed by atoms with Gasteiger partial charge in [0.1, 0.15) is 5.15 Å². The molecule has 0 saturated carbocycles. The maximum atomic E-state index is 13.0. The standard InChI is InChI=1S/C22H12Cl2N2O5/c23-14-8-9-16(24)26-19(14)22(30)31-10-17(27)25-15-7-3-6-13-18(15)21(29)12-5-2-1-4-11(12)20(13)28/h1-9H,10H2,(H,25,27). The number of benzene rings is 2. The molecular formula is C22H12Cl2N2O5. The number of fused-ring (bicyclic) bond motifs is 2. The second kappa shape index (κ2) is 8.29. The Bertz CT molecular complexity index is 1270. The number of nitrogens with zero attached hydrogens (tertiary/aromatic N) is 1. The van der Waals surface area contributed by atoms with Crippen molar-refractivity contribution >= 4 is 52.3 Å². The van der Waals surface area contributed by atoms with Crippen LogP contribution in [0.3, 0.4) is 0 Å². The van der Waals surface area contributed by atoms with Gasteiger partial charge in [-0.05, 0) is 18.2 Å². The molecular weight excluding hydrogens is 443 g/mol. The number of carbonyl (C=O) groups is 4. The zero-order chi connectivity index (χ0) is 22.1. The van der Waals surface area contributed by atoms with E-state index in [4.69, 9.17) is 27.9 Å². The number of rotatable bonds is 4. The first-order valence-electron chi connectivity index (χ1n) is 8.97. The summed E-state index contributed by atoms with van der Waals surface area (Å²) in [5, 5.41) is 2.58. The summed E-state index contributed by atoms with van der Waals surface area (Å²) in [5.41, 5.74) is 0.763. The van der Waals surface area contributed by atoms with E-state index in [0.29, 0.717) is 5.56 Å². The Morgan fingerprint density at radius 2 is 1.55 bits per heavy atom. The number of ether oxygens (including phenoxy) is 1. The van der Waals surface area contributed by atoms with Crippen LogP contribution >= 0.6 is 23.2 Å². The SMILES string of the molecule is O=C(COC(=O)c1nc(Cl)ccc1Cl)Nc1cccc2c1C(=O)c1ccccc1C2=O. The van der Waals surface area contributed by atoms with Crippen molar-refractivity contribution in [2.75, 3.05) is 11.9 Å². The van der Waals surface area contributed by atoms with Gasteiger partial charge in [0.05, 0.1) is 16.3 Å². The Kier molecular flexibility index (Phi) is 5.54. The highest BCUT2D eigenvalue weighted by Crippen LogP contribution is 2.31. The van der Waals surface area contributed by atoms with Crippen LogP contribution in [0.5, 0.6) is 0 Å². The van der Waals surface area contributed by atoms with Crippen molar-refractivity contribution in [3.05, 3.63) is 92.7 Å². The number of halogens is 2. The zero-order valence-electron chi connectivity index (χ0n) is 15.6. The van der Waals surface area contributed by atoms with E-state index in [1.807, 2.05) is 0 Å². The topological polar surface area (TPSA) is 102 Å². The predicted molar refractivity (Wildman–Crippen MR) is 113 cm³/mol. The number of amides is 1. The van der Waals surface area contributed by atoms with Crippen LogP contribution in [-0.2, 0) is 9.53 Å². The predicted octanol–water partition coefficient (Wildman–Crippen LogP) is 3.96. The molecule has 4 rings (SSSR count). The van der Waals surface area contributed by atoms with Crippen LogP contribution in [0.4, 0.5) is 5.69 Å². The Balaban J connectivity index is 1.52. The Morgan fingerprint density at radius 1 is 0.871 bits per heavy atom. The molecule has 1 aromatic heterocycles. The lowest BCUT2D eigenvalue weighted by molar-refractivity contribution is -0.119. The first-order chi connectivity index (χ1) is 14.9. The smallest absolute Gasteiger partial charge is 0.359 e. The molecule has 9 heteroatoms. The highest BCUT2D eigenvalue weighted by atomic mass is 35.5. The maximum Gasteiger partial charge on any atom is 0.359 e. The number of hydrogen-bond acceptors (Lipinski definition) is 6. The summed E-state index contributed by atoms with van der Waals surface area (Å²) in [6, 6.07) is 13.8. The number of esters is 1. The van der Waals surface area contributed by atoms with Crippen molar-refractivity contribution in [1.82, 2.24) is 4.98 Å². The largest absolute Gasteiger partial charge is 0.451 e. The Hall–Kier alpha value is -3.55. The lowest BCUT2D eigenvalue weighted by atomic mass is 9.83. The van der Waals surface area contributed by atoms with Gasteiger partial charge < -0.3 is 10.1 Å². The van der Waals surface area contributed by atoms with Gasteiger partial charge in [-0.25, -0.2) is 9.78 Å². The molecule has 0 spiro atoms. The van der Waals surface area contributed by atoms with Gasteiger partial charge in [0.15, 0.2) is 23.9 Å². The molecule has 0 aliphatic heterocycles. The van der Waals surface area contributed by atoms with Crippen molar-refractivity contribution in [1.29, 1.82) is 0 Å². The lowest BCUT2D eigenvalue weighted by Crippen LogP contribution is -2.26. The van der Waals surface area contributed by atoms with E-state index in [9.17, 15) is 19.2 Å². The van der Waals surface area contributed by atoms with Crippen molar-refractivity contribution in [2.45, 2.75) is 0 Å². The van der Waals surface area contributed by atoms with Crippen LogP contribution in [0.25, 0.3) is 0 Å². The van der Waals surface area contributed by atoms with Gasteiger partial charge in [-0.2, -0.15) is 0 Å². The molecule has 154 valence electrons. The van der Waals surface area contributed by atoms with Crippen molar-refractivity contribution < 1.29 is 23.9 Å². The van der Waals surface area contributed by atoms with Gasteiger partial charge in [0.25, 0.3) is 5.91 Å². The van der Waals surface area contributed by atoms with Crippen LogP contribution in [0.1, 0.15) is 42.3 Å². The molecule has 1 heterocycles. The van der Waals surface area contributed by atoms with E-state index >= 15 is 0 Å². The average Bonchev–Trinajstić information content (AvgIpc) is 2.77. The number of nitrogens with one attached hydrogen (secondary N) is 1. The highest BCUT2D eigenvalue weighted by molar-refractivity contribution is 6.34. The summed E-state index contributed by atoms with van der Waals surface area (Å²) in [6.07, 6.45) is 0. The summed E-state index contributed by atoms with van der Waals surface area (Å²) in [7, 11) is 0. The number of carbonyl (C=O) groups excluding carboxylic acids is 4. The van der Waals surface area contributed by atoms with Crippen LogP contribution in [0.15, 0.2) is 54.6 Å². The first-order valence-corrected chi connectivity index (χ1v) is 9.73. The molecule has 0 fully saturated rings. The van der Waals surface area contributed by atoms with Crippen LogP contribution < -0.4 is 5.32 Å². The minimum Gasteiger partial charge on any atom is -0.451 e. The monoisotopic (exact) mass is 454 g/mol. The molecule has 3 aromatic rings. The van der Waals surface area contributed by atoms with Gasteiger partial charge in [-0.1, -0.05) is 59.6 Å². The molecule has 1 aliphatic carbocycles. The number of hydrogen-bond donors (Lipinski definition) is 1. The summed E-state index contributed by atoms with van der Waals surface area (Å²) in [5.74, 6) is -2.33. The van der Waals surface area contributed by atoms with Gasteiger partial charge >= 0.3 is 5.97 Å².